The molecule has 0 radical (unpaired) electrons. The summed E-state index contributed by atoms with van der Waals surface area (Å²) < 4.78 is 13.5. The Morgan fingerprint density at radius 2 is 1.88 bits per heavy atom. The van der Waals surface area contributed by atoms with Crippen LogP contribution in [0.3, 0.4) is 0 Å². The van der Waals surface area contributed by atoms with Crippen LogP contribution in [0.25, 0.3) is 11.1 Å². The smallest absolute Gasteiger partial charge is 0.220 e. The normalized spacial score (nSPS) is 10.5. The Kier molecular flexibility index (Phi) is 3.08. The van der Waals surface area contributed by atoms with Gasteiger partial charge in [-0.2, -0.15) is 4.39 Å². The quantitative estimate of drug-likeness (QED) is 0.724. The Hall–Kier alpha value is -1.19. The first-order chi connectivity index (χ1) is 7.58. The van der Waals surface area contributed by atoms with Crippen molar-refractivity contribution in [3.05, 3.63) is 46.2 Å². The van der Waals surface area contributed by atoms with E-state index in [2.05, 4.69) is 9.97 Å². The van der Waals surface area contributed by atoms with Crippen molar-refractivity contribution >= 4 is 23.2 Å². The van der Waals surface area contributed by atoms with Gasteiger partial charge in [0.25, 0.3) is 0 Å². The highest BCUT2D eigenvalue weighted by atomic mass is 35.5. The lowest BCUT2D eigenvalue weighted by molar-refractivity contribution is 0.587. The zero-order valence-corrected chi connectivity index (χ0v) is 9.85. The second-order valence-corrected chi connectivity index (χ2v) is 4.12. The Morgan fingerprint density at radius 3 is 2.56 bits per heavy atom. The van der Waals surface area contributed by atoms with Gasteiger partial charge in [-0.15, -0.1) is 0 Å². The highest BCUT2D eigenvalue weighted by molar-refractivity contribution is 6.31. The average molecular weight is 257 g/mol. The summed E-state index contributed by atoms with van der Waals surface area (Å²) in [6.07, 6.45) is 2.75. The molecule has 0 aliphatic rings. The van der Waals surface area contributed by atoms with Gasteiger partial charge in [0.2, 0.25) is 5.95 Å². The number of halogens is 3. The van der Waals surface area contributed by atoms with Crippen LogP contribution >= 0.6 is 23.2 Å². The van der Waals surface area contributed by atoms with Crippen molar-refractivity contribution in [2.24, 2.45) is 0 Å². The predicted molar refractivity (Wildman–Crippen MR) is 62.2 cm³/mol. The molecule has 0 fully saturated rings. The van der Waals surface area contributed by atoms with Crippen molar-refractivity contribution in [1.82, 2.24) is 9.97 Å². The van der Waals surface area contributed by atoms with Crippen LogP contribution in [-0.2, 0) is 0 Å². The summed E-state index contributed by atoms with van der Waals surface area (Å²) in [6, 6.07) is 3.25. The summed E-state index contributed by atoms with van der Waals surface area (Å²) in [5, 5.41) is 0.781. The molecule has 0 spiro atoms. The molecule has 2 aromatic rings. The van der Waals surface area contributed by atoms with Gasteiger partial charge in [0.15, 0.2) is 0 Å². The van der Waals surface area contributed by atoms with Gasteiger partial charge in [-0.25, -0.2) is 9.97 Å². The lowest BCUT2D eigenvalue weighted by atomic mass is 10.1. The van der Waals surface area contributed by atoms with E-state index in [-0.39, 0.29) is 0 Å². The summed E-state index contributed by atoms with van der Waals surface area (Å²) in [5.41, 5.74) is 1.70. The van der Waals surface area contributed by atoms with Gasteiger partial charge in [0.1, 0.15) is 5.15 Å². The van der Waals surface area contributed by atoms with E-state index in [4.69, 9.17) is 23.2 Å². The van der Waals surface area contributed by atoms with E-state index < -0.39 is 5.95 Å². The standard InChI is InChI=1S/C11H7Cl2FN2/c1-6-2-7(4-15-10(6)13)9-3-8(12)5-16-11(9)14/h2-5H,1H3. The van der Waals surface area contributed by atoms with E-state index in [9.17, 15) is 4.39 Å². The SMILES string of the molecule is Cc1cc(-c2cc(Cl)cnc2F)cnc1Cl. The third-order valence-electron chi connectivity index (χ3n) is 2.13. The van der Waals surface area contributed by atoms with Crippen molar-refractivity contribution in [2.45, 2.75) is 6.92 Å². The van der Waals surface area contributed by atoms with Gasteiger partial charge >= 0.3 is 0 Å². The van der Waals surface area contributed by atoms with Gasteiger partial charge in [0, 0.05) is 23.5 Å². The first-order valence-electron chi connectivity index (χ1n) is 4.51. The van der Waals surface area contributed by atoms with Gasteiger partial charge in [-0.05, 0) is 24.6 Å². The van der Waals surface area contributed by atoms with Gasteiger partial charge in [0.05, 0.1) is 5.02 Å². The third-order valence-corrected chi connectivity index (χ3v) is 2.73. The summed E-state index contributed by atoms with van der Waals surface area (Å²) >= 11 is 11.6. The fourth-order valence-corrected chi connectivity index (χ4v) is 1.59. The first-order valence-corrected chi connectivity index (χ1v) is 5.27. The summed E-state index contributed by atoms with van der Waals surface area (Å²) in [7, 11) is 0. The van der Waals surface area contributed by atoms with Gasteiger partial charge < -0.3 is 0 Å². The Bertz CT molecular complexity index is 544. The second kappa shape index (κ2) is 4.36. The lowest BCUT2D eigenvalue weighted by Crippen LogP contribution is -1.91. The molecular formula is C11H7Cl2FN2. The largest absolute Gasteiger partial charge is 0.244 e. The molecule has 16 heavy (non-hydrogen) atoms. The summed E-state index contributed by atoms with van der Waals surface area (Å²) in [6.45, 7) is 1.80. The number of rotatable bonds is 1. The molecule has 0 saturated carbocycles. The molecule has 0 bridgehead atoms. The van der Waals surface area contributed by atoms with E-state index in [1.54, 1.807) is 13.0 Å². The van der Waals surface area contributed by atoms with E-state index in [0.717, 1.165) is 5.56 Å². The molecule has 5 heteroatoms. The number of aryl methyl sites for hydroxylation is 1. The molecule has 82 valence electrons. The predicted octanol–water partition coefficient (Wildman–Crippen LogP) is 3.90. The maximum atomic E-state index is 13.5. The zero-order valence-electron chi connectivity index (χ0n) is 8.34. The van der Waals surface area contributed by atoms with Crippen LogP contribution in [0, 0.1) is 12.9 Å². The van der Waals surface area contributed by atoms with Gasteiger partial charge in [-0.1, -0.05) is 23.2 Å². The molecular weight excluding hydrogens is 250 g/mol. The second-order valence-electron chi connectivity index (χ2n) is 3.32. The molecule has 0 unspecified atom stereocenters. The highest BCUT2D eigenvalue weighted by Crippen LogP contribution is 2.26. The maximum absolute atomic E-state index is 13.5. The number of pyridine rings is 2. The number of aromatic nitrogens is 2. The molecule has 2 heterocycles. The van der Waals surface area contributed by atoms with E-state index in [1.807, 2.05) is 0 Å². The molecule has 0 atom stereocenters. The molecule has 2 aromatic heterocycles. The van der Waals surface area contributed by atoms with Gasteiger partial charge in [-0.3, -0.25) is 0 Å². The van der Waals surface area contributed by atoms with Crippen LogP contribution in [0.1, 0.15) is 5.56 Å². The Morgan fingerprint density at radius 1 is 1.12 bits per heavy atom. The van der Waals surface area contributed by atoms with Crippen LogP contribution in [-0.4, -0.2) is 9.97 Å². The van der Waals surface area contributed by atoms with Crippen LogP contribution in [0.5, 0.6) is 0 Å². The summed E-state index contributed by atoms with van der Waals surface area (Å²) in [4.78, 5) is 7.50. The van der Waals surface area contributed by atoms with Crippen molar-refractivity contribution < 1.29 is 4.39 Å². The van der Waals surface area contributed by atoms with E-state index >= 15 is 0 Å². The van der Waals surface area contributed by atoms with Crippen LogP contribution in [0.15, 0.2) is 24.5 Å². The third kappa shape index (κ3) is 2.15. The Balaban J connectivity index is 2.58. The first kappa shape index (κ1) is 11.3. The zero-order chi connectivity index (χ0) is 11.7. The molecule has 0 aromatic carbocycles. The minimum Gasteiger partial charge on any atom is -0.244 e. The average Bonchev–Trinajstić information content (AvgIpc) is 2.26. The van der Waals surface area contributed by atoms with Crippen molar-refractivity contribution in [1.29, 1.82) is 0 Å². The van der Waals surface area contributed by atoms with Crippen LogP contribution < -0.4 is 0 Å². The number of hydrogen-bond acceptors (Lipinski definition) is 2. The molecule has 0 aliphatic heterocycles. The van der Waals surface area contributed by atoms with E-state index in [0.29, 0.717) is 21.3 Å². The molecule has 0 saturated heterocycles. The molecule has 0 aliphatic carbocycles. The van der Waals surface area contributed by atoms with E-state index in [1.165, 1.54) is 18.5 Å². The summed E-state index contributed by atoms with van der Waals surface area (Å²) in [5.74, 6) is -0.576. The topological polar surface area (TPSA) is 25.8 Å². The maximum Gasteiger partial charge on any atom is 0.220 e. The molecule has 2 rings (SSSR count). The fourth-order valence-electron chi connectivity index (χ4n) is 1.33. The molecule has 0 amide bonds. The molecule has 0 N–H and O–H groups in total. The minimum absolute atomic E-state index is 0.319. The van der Waals surface area contributed by atoms with Crippen LogP contribution in [0.2, 0.25) is 10.2 Å². The number of nitrogens with zero attached hydrogens (tertiary/aromatic N) is 2. The monoisotopic (exact) mass is 256 g/mol. The van der Waals surface area contributed by atoms with Crippen LogP contribution in [0.4, 0.5) is 4.39 Å². The van der Waals surface area contributed by atoms with Crippen molar-refractivity contribution in [3.63, 3.8) is 0 Å². The number of hydrogen-bond donors (Lipinski definition) is 0. The fraction of sp³-hybridized carbons (Fsp3) is 0.0909. The highest BCUT2D eigenvalue weighted by Gasteiger charge is 2.09. The molecule has 2 nitrogen and oxygen atoms in total. The van der Waals surface area contributed by atoms with Crippen molar-refractivity contribution in [2.75, 3.05) is 0 Å². The Labute approximate surface area is 102 Å². The lowest BCUT2D eigenvalue weighted by Gasteiger charge is -2.04. The van der Waals surface area contributed by atoms with Crippen molar-refractivity contribution in [3.8, 4) is 11.1 Å². The minimum atomic E-state index is -0.576.